The lowest BCUT2D eigenvalue weighted by molar-refractivity contribution is -0.133. The smallest absolute Gasteiger partial charge is 0.240 e. The van der Waals surface area contributed by atoms with Gasteiger partial charge in [-0.3, -0.25) is 0 Å². The predicted molar refractivity (Wildman–Crippen MR) is 61.9 cm³/mol. The minimum absolute atomic E-state index is 0.303. The third-order valence-electron chi connectivity index (χ3n) is 2.10. The van der Waals surface area contributed by atoms with Crippen molar-refractivity contribution in [1.82, 2.24) is 0 Å². The summed E-state index contributed by atoms with van der Waals surface area (Å²) in [7, 11) is 1.96. The average molecular weight is 209 g/mol. The third kappa shape index (κ3) is 3.53. The van der Waals surface area contributed by atoms with Crippen molar-refractivity contribution in [1.29, 1.82) is 0 Å². The molecule has 0 aromatic heterocycles. The second kappa shape index (κ2) is 6.43. The Labute approximate surface area is 91.6 Å². The van der Waals surface area contributed by atoms with Crippen molar-refractivity contribution < 1.29 is 9.47 Å². The van der Waals surface area contributed by atoms with Gasteiger partial charge < -0.3 is 14.4 Å². The molecule has 0 atom stereocenters. The standard InChI is InChI=1S/C12H19NO2/c1-4-14-12(15-5-2)13(3)11-9-7-6-8-10-11/h6-10,12H,4-5H2,1-3H3. The third-order valence-corrected chi connectivity index (χ3v) is 2.10. The largest absolute Gasteiger partial charge is 0.336 e. The molecule has 0 amide bonds. The molecule has 0 spiro atoms. The van der Waals surface area contributed by atoms with Gasteiger partial charge in [0.2, 0.25) is 6.41 Å². The number of hydrogen-bond acceptors (Lipinski definition) is 3. The fraction of sp³-hybridized carbons (Fsp3) is 0.500. The number of rotatable bonds is 6. The number of anilines is 1. The number of para-hydroxylation sites is 1. The Kier molecular flexibility index (Phi) is 5.15. The number of nitrogens with zero attached hydrogens (tertiary/aromatic N) is 1. The van der Waals surface area contributed by atoms with E-state index < -0.39 is 0 Å². The second-order valence-corrected chi connectivity index (χ2v) is 3.16. The van der Waals surface area contributed by atoms with Crippen molar-refractivity contribution in [3.63, 3.8) is 0 Å². The van der Waals surface area contributed by atoms with E-state index in [1.54, 1.807) is 0 Å². The Bertz CT molecular complexity index is 258. The van der Waals surface area contributed by atoms with Crippen LogP contribution in [0.1, 0.15) is 13.8 Å². The summed E-state index contributed by atoms with van der Waals surface area (Å²) in [6, 6.07) is 10.1. The molecule has 1 rings (SSSR count). The van der Waals surface area contributed by atoms with E-state index in [0.29, 0.717) is 13.2 Å². The Morgan fingerprint density at radius 1 is 1.07 bits per heavy atom. The molecule has 0 fully saturated rings. The summed E-state index contributed by atoms with van der Waals surface area (Å²) in [5, 5.41) is 0. The zero-order valence-electron chi connectivity index (χ0n) is 9.64. The van der Waals surface area contributed by atoms with E-state index in [4.69, 9.17) is 9.47 Å². The molecule has 1 aromatic rings. The summed E-state index contributed by atoms with van der Waals surface area (Å²) >= 11 is 0. The first-order valence-corrected chi connectivity index (χ1v) is 5.30. The molecule has 0 bridgehead atoms. The molecule has 0 unspecified atom stereocenters. The van der Waals surface area contributed by atoms with E-state index in [-0.39, 0.29) is 6.41 Å². The zero-order chi connectivity index (χ0) is 11.1. The van der Waals surface area contributed by atoms with Crippen LogP contribution in [-0.4, -0.2) is 26.7 Å². The Morgan fingerprint density at radius 3 is 2.07 bits per heavy atom. The number of ether oxygens (including phenoxy) is 2. The van der Waals surface area contributed by atoms with Crippen LogP contribution in [0, 0.1) is 0 Å². The van der Waals surface area contributed by atoms with Gasteiger partial charge in [0.15, 0.2) is 0 Å². The van der Waals surface area contributed by atoms with Crippen LogP contribution in [0.4, 0.5) is 5.69 Å². The summed E-state index contributed by atoms with van der Waals surface area (Å²) in [6.45, 7) is 5.21. The van der Waals surface area contributed by atoms with Crippen molar-refractivity contribution in [3.8, 4) is 0 Å². The fourth-order valence-corrected chi connectivity index (χ4v) is 1.34. The average Bonchev–Trinajstić information content (AvgIpc) is 2.29. The molecule has 0 heterocycles. The Balaban J connectivity index is 2.67. The van der Waals surface area contributed by atoms with Crippen molar-refractivity contribution in [2.24, 2.45) is 0 Å². The summed E-state index contributed by atoms with van der Waals surface area (Å²) in [5.74, 6) is 0. The van der Waals surface area contributed by atoms with Gasteiger partial charge in [-0.05, 0) is 26.0 Å². The van der Waals surface area contributed by atoms with E-state index >= 15 is 0 Å². The van der Waals surface area contributed by atoms with Crippen molar-refractivity contribution in [2.75, 3.05) is 25.2 Å². The number of benzene rings is 1. The minimum Gasteiger partial charge on any atom is -0.336 e. The van der Waals surface area contributed by atoms with Crippen molar-refractivity contribution >= 4 is 5.69 Å². The van der Waals surface area contributed by atoms with Crippen molar-refractivity contribution in [2.45, 2.75) is 20.3 Å². The first-order valence-electron chi connectivity index (χ1n) is 5.30. The van der Waals surface area contributed by atoms with Gasteiger partial charge in [-0.2, -0.15) is 0 Å². The van der Waals surface area contributed by atoms with E-state index in [2.05, 4.69) is 0 Å². The van der Waals surface area contributed by atoms with Gasteiger partial charge in [0, 0.05) is 25.9 Å². The lowest BCUT2D eigenvalue weighted by atomic mass is 10.3. The van der Waals surface area contributed by atoms with E-state index in [0.717, 1.165) is 5.69 Å². The van der Waals surface area contributed by atoms with Crippen LogP contribution < -0.4 is 4.90 Å². The Hall–Kier alpha value is -1.06. The molecule has 3 heteroatoms. The van der Waals surface area contributed by atoms with Gasteiger partial charge in [-0.1, -0.05) is 18.2 Å². The monoisotopic (exact) mass is 209 g/mol. The first kappa shape index (κ1) is 12.0. The Morgan fingerprint density at radius 2 is 1.60 bits per heavy atom. The molecule has 0 aliphatic carbocycles. The van der Waals surface area contributed by atoms with Gasteiger partial charge in [0.1, 0.15) is 0 Å². The molecular formula is C12H19NO2. The van der Waals surface area contributed by atoms with Gasteiger partial charge in [0.05, 0.1) is 0 Å². The highest BCUT2D eigenvalue weighted by molar-refractivity contribution is 5.45. The van der Waals surface area contributed by atoms with E-state index in [9.17, 15) is 0 Å². The summed E-state index contributed by atoms with van der Waals surface area (Å²) in [6.07, 6.45) is -0.303. The van der Waals surface area contributed by atoms with Crippen LogP contribution in [0.2, 0.25) is 0 Å². The van der Waals surface area contributed by atoms with Crippen LogP contribution in [0.3, 0.4) is 0 Å². The molecule has 3 nitrogen and oxygen atoms in total. The molecule has 0 radical (unpaired) electrons. The van der Waals surface area contributed by atoms with E-state index in [1.165, 1.54) is 0 Å². The van der Waals surface area contributed by atoms with Gasteiger partial charge >= 0.3 is 0 Å². The van der Waals surface area contributed by atoms with Crippen molar-refractivity contribution in [3.05, 3.63) is 30.3 Å². The van der Waals surface area contributed by atoms with Crippen LogP contribution >= 0.6 is 0 Å². The summed E-state index contributed by atoms with van der Waals surface area (Å²) in [5.41, 5.74) is 1.09. The number of hydrogen-bond donors (Lipinski definition) is 0. The lowest BCUT2D eigenvalue weighted by Gasteiger charge is -2.28. The van der Waals surface area contributed by atoms with Crippen LogP contribution in [-0.2, 0) is 9.47 Å². The normalized spacial score (nSPS) is 10.7. The predicted octanol–water partition coefficient (Wildman–Crippen LogP) is 2.48. The topological polar surface area (TPSA) is 21.7 Å². The molecular weight excluding hydrogens is 190 g/mol. The highest BCUT2D eigenvalue weighted by Gasteiger charge is 2.14. The highest BCUT2D eigenvalue weighted by atomic mass is 16.7. The van der Waals surface area contributed by atoms with E-state index in [1.807, 2.05) is 56.1 Å². The van der Waals surface area contributed by atoms with Crippen LogP contribution in [0.25, 0.3) is 0 Å². The second-order valence-electron chi connectivity index (χ2n) is 3.16. The zero-order valence-corrected chi connectivity index (χ0v) is 9.64. The molecule has 0 N–H and O–H groups in total. The minimum atomic E-state index is -0.303. The van der Waals surface area contributed by atoms with Crippen LogP contribution in [0.5, 0.6) is 0 Å². The molecule has 15 heavy (non-hydrogen) atoms. The van der Waals surface area contributed by atoms with Gasteiger partial charge in [-0.15, -0.1) is 0 Å². The van der Waals surface area contributed by atoms with Gasteiger partial charge in [0.25, 0.3) is 0 Å². The van der Waals surface area contributed by atoms with Gasteiger partial charge in [-0.25, -0.2) is 0 Å². The molecule has 0 aliphatic heterocycles. The SMILES string of the molecule is CCOC(OCC)N(C)c1ccccc1. The molecule has 84 valence electrons. The maximum Gasteiger partial charge on any atom is 0.240 e. The maximum absolute atomic E-state index is 5.50. The summed E-state index contributed by atoms with van der Waals surface area (Å²) < 4.78 is 11.0. The quantitative estimate of drug-likeness (QED) is 0.672. The lowest BCUT2D eigenvalue weighted by Crippen LogP contribution is -2.36. The molecule has 0 aliphatic rings. The summed E-state index contributed by atoms with van der Waals surface area (Å²) in [4.78, 5) is 1.98. The highest BCUT2D eigenvalue weighted by Crippen LogP contribution is 2.15. The molecule has 0 saturated carbocycles. The molecule has 1 aromatic carbocycles. The van der Waals surface area contributed by atoms with Crippen LogP contribution in [0.15, 0.2) is 30.3 Å². The fourth-order valence-electron chi connectivity index (χ4n) is 1.34. The first-order chi connectivity index (χ1) is 7.29. The maximum atomic E-state index is 5.50. The molecule has 0 saturated heterocycles.